The van der Waals surface area contributed by atoms with Crippen LogP contribution in [0, 0.1) is 17.1 Å². The van der Waals surface area contributed by atoms with Gasteiger partial charge in [0.2, 0.25) is 0 Å². The summed E-state index contributed by atoms with van der Waals surface area (Å²) in [4.78, 5) is 0. The highest BCUT2D eigenvalue weighted by atomic mass is 19.1. The molecular formula is C11H12FNO2. The Bertz CT molecular complexity index is 385. The van der Waals surface area contributed by atoms with E-state index in [1.165, 1.54) is 12.1 Å². The Morgan fingerprint density at radius 3 is 2.47 bits per heavy atom. The number of rotatable bonds is 4. The number of nitrogens with zero attached hydrogens (tertiary/aromatic N) is 1. The van der Waals surface area contributed by atoms with Crippen LogP contribution >= 0.6 is 0 Å². The fourth-order valence-corrected chi connectivity index (χ4v) is 1.20. The lowest BCUT2D eigenvalue weighted by Crippen LogP contribution is -2.01. The maximum atomic E-state index is 13.2. The van der Waals surface area contributed by atoms with Crippen LogP contribution in [0.15, 0.2) is 12.1 Å². The smallest absolute Gasteiger partial charge is 0.181 e. The van der Waals surface area contributed by atoms with Gasteiger partial charge in [0.1, 0.15) is 17.4 Å². The third kappa shape index (κ3) is 2.38. The molecule has 15 heavy (non-hydrogen) atoms. The van der Waals surface area contributed by atoms with Crippen molar-refractivity contribution in [3.8, 4) is 17.6 Å². The van der Waals surface area contributed by atoms with Gasteiger partial charge in [0.05, 0.1) is 13.2 Å². The molecule has 0 radical (unpaired) electrons. The van der Waals surface area contributed by atoms with Gasteiger partial charge in [-0.3, -0.25) is 0 Å². The van der Waals surface area contributed by atoms with Crippen molar-refractivity contribution in [3.05, 3.63) is 23.5 Å². The van der Waals surface area contributed by atoms with Crippen LogP contribution in [-0.2, 0) is 0 Å². The number of benzene rings is 1. The quantitative estimate of drug-likeness (QED) is 0.765. The first-order valence-electron chi connectivity index (χ1n) is 4.72. The molecule has 0 spiro atoms. The molecule has 1 aromatic rings. The van der Waals surface area contributed by atoms with E-state index in [9.17, 15) is 4.39 Å². The van der Waals surface area contributed by atoms with E-state index in [2.05, 4.69) is 0 Å². The molecule has 0 aliphatic carbocycles. The Morgan fingerprint density at radius 2 is 1.93 bits per heavy atom. The summed E-state index contributed by atoms with van der Waals surface area (Å²) in [6.07, 6.45) is 0. The number of nitriles is 1. The van der Waals surface area contributed by atoms with Gasteiger partial charge in [-0.2, -0.15) is 5.26 Å². The molecule has 0 saturated heterocycles. The maximum Gasteiger partial charge on any atom is 0.181 e. The third-order valence-electron chi connectivity index (χ3n) is 1.77. The Kier molecular flexibility index (Phi) is 3.92. The van der Waals surface area contributed by atoms with E-state index in [0.717, 1.165) is 0 Å². The first-order valence-corrected chi connectivity index (χ1v) is 4.72. The van der Waals surface area contributed by atoms with Gasteiger partial charge < -0.3 is 9.47 Å². The molecule has 0 heterocycles. The summed E-state index contributed by atoms with van der Waals surface area (Å²) in [7, 11) is 0. The van der Waals surface area contributed by atoms with Gasteiger partial charge in [-0.25, -0.2) is 4.39 Å². The predicted molar refractivity (Wildman–Crippen MR) is 53.5 cm³/mol. The monoisotopic (exact) mass is 209 g/mol. The van der Waals surface area contributed by atoms with Crippen molar-refractivity contribution in [3.63, 3.8) is 0 Å². The Hall–Kier alpha value is -1.76. The molecule has 0 atom stereocenters. The fraction of sp³-hybridized carbons (Fsp3) is 0.364. The summed E-state index contributed by atoms with van der Waals surface area (Å²) >= 11 is 0. The zero-order valence-electron chi connectivity index (χ0n) is 8.71. The van der Waals surface area contributed by atoms with Crippen LogP contribution in [0.25, 0.3) is 0 Å². The molecule has 0 aromatic heterocycles. The first kappa shape index (κ1) is 11.3. The second-order valence-electron chi connectivity index (χ2n) is 2.73. The molecule has 3 nitrogen and oxygen atoms in total. The Morgan fingerprint density at radius 1 is 1.27 bits per heavy atom. The Labute approximate surface area is 88.0 Å². The molecular weight excluding hydrogens is 197 g/mol. The zero-order valence-corrected chi connectivity index (χ0v) is 8.71. The van der Waals surface area contributed by atoms with Gasteiger partial charge >= 0.3 is 0 Å². The summed E-state index contributed by atoms with van der Waals surface area (Å²) in [5, 5.41) is 8.79. The van der Waals surface area contributed by atoms with E-state index in [4.69, 9.17) is 14.7 Å². The number of hydrogen-bond acceptors (Lipinski definition) is 3. The molecule has 0 saturated carbocycles. The molecule has 0 aliphatic rings. The van der Waals surface area contributed by atoms with E-state index in [1.807, 2.05) is 6.92 Å². The van der Waals surface area contributed by atoms with Crippen LogP contribution in [0.4, 0.5) is 4.39 Å². The standard InChI is InChI=1S/C11H12FNO2/c1-3-14-10-6-5-9(12)8(7-13)11(10)15-4-2/h5-6H,3-4H2,1-2H3. The minimum atomic E-state index is -0.593. The third-order valence-corrected chi connectivity index (χ3v) is 1.77. The van der Waals surface area contributed by atoms with Crippen molar-refractivity contribution in [1.82, 2.24) is 0 Å². The van der Waals surface area contributed by atoms with Crippen LogP contribution < -0.4 is 9.47 Å². The van der Waals surface area contributed by atoms with Gasteiger partial charge in [-0.1, -0.05) is 0 Å². The lowest BCUT2D eigenvalue weighted by atomic mass is 10.2. The minimum Gasteiger partial charge on any atom is -0.490 e. The normalized spacial score (nSPS) is 9.47. The molecule has 4 heteroatoms. The van der Waals surface area contributed by atoms with Gasteiger partial charge in [-0.15, -0.1) is 0 Å². The lowest BCUT2D eigenvalue weighted by molar-refractivity contribution is 0.285. The van der Waals surface area contributed by atoms with Crippen LogP contribution in [0.5, 0.6) is 11.5 Å². The maximum absolute atomic E-state index is 13.2. The van der Waals surface area contributed by atoms with Crippen LogP contribution in [0.2, 0.25) is 0 Å². The topological polar surface area (TPSA) is 42.2 Å². The van der Waals surface area contributed by atoms with Gasteiger partial charge in [0.15, 0.2) is 11.5 Å². The largest absolute Gasteiger partial charge is 0.490 e. The molecule has 1 rings (SSSR count). The summed E-state index contributed by atoms with van der Waals surface area (Å²) in [5.41, 5.74) is -0.109. The zero-order chi connectivity index (χ0) is 11.3. The molecule has 0 unspecified atom stereocenters. The average Bonchev–Trinajstić information content (AvgIpc) is 2.23. The van der Waals surface area contributed by atoms with E-state index in [0.29, 0.717) is 19.0 Å². The van der Waals surface area contributed by atoms with Crippen molar-refractivity contribution in [2.45, 2.75) is 13.8 Å². The SMILES string of the molecule is CCOc1ccc(F)c(C#N)c1OCC. The van der Waals surface area contributed by atoms with Crippen LogP contribution in [0.3, 0.4) is 0 Å². The van der Waals surface area contributed by atoms with Crippen molar-refractivity contribution in [2.75, 3.05) is 13.2 Å². The van der Waals surface area contributed by atoms with Gasteiger partial charge in [0, 0.05) is 0 Å². The van der Waals surface area contributed by atoms with Crippen molar-refractivity contribution >= 4 is 0 Å². The number of hydrogen-bond donors (Lipinski definition) is 0. The van der Waals surface area contributed by atoms with Crippen LogP contribution in [-0.4, -0.2) is 13.2 Å². The second kappa shape index (κ2) is 5.20. The molecule has 0 aliphatic heterocycles. The fourth-order valence-electron chi connectivity index (χ4n) is 1.20. The Balaban J connectivity index is 3.23. The number of ether oxygens (including phenoxy) is 2. The molecule has 0 amide bonds. The highest BCUT2D eigenvalue weighted by molar-refractivity contribution is 5.53. The van der Waals surface area contributed by atoms with Crippen LogP contribution in [0.1, 0.15) is 19.4 Å². The molecule has 0 bridgehead atoms. The van der Waals surface area contributed by atoms with E-state index in [1.54, 1.807) is 13.0 Å². The minimum absolute atomic E-state index is 0.109. The lowest BCUT2D eigenvalue weighted by Gasteiger charge is -2.12. The molecule has 80 valence electrons. The molecule has 0 N–H and O–H groups in total. The van der Waals surface area contributed by atoms with E-state index >= 15 is 0 Å². The predicted octanol–water partition coefficient (Wildman–Crippen LogP) is 2.49. The summed E-state index contributed by atoms with van der Waals surface area (Å²) < 4.78 is 23.7. The highest BCUT2D eigenvalue weighted by Gasteiger charge is 2.15. The highest BCUT2D eigenvalue weighted by Crippen LogP contribution is 2.32. The van der Waals surface area contributed by atoms with Crippen molar-refractivity contribution in [1.29, 1.82) is 5.26 Å². The molecule has 1 aromatic carbocycles. The van der Waals surface area contributed by atoms with E-state index in [-0.39, 0.29) is 11.3 Å². The van der Waals surface area contributed by atoms with Gasteiger partial charge in [-0.05, 0) is 26.0 Å². The number of halogens is 1. The van der Waals surface area contributed by atoms with Crippen molar-refractivity contribution < 1.29 is 13.9 Å². The average molecular weight is 209 g/mol. The summed E-state index contributed by atoms with van der Waals surface area (Å²) in [6.45, 7) is 4.38. The second-order valence-corrected chi connectivity index (χ2v) is 2.73. The first-order chi connectivity index (χ1) is 7.24. The summed E-state index contributed by atoms with van der Waals surface area (Å²) in [5.74, 6) is -0.0106. The molecule has 0 fully saturated rings. The van der Waals surface area contributed by atoms with Gasteiger partial charge in [0.25, 0.3) is 0 Å². The van der Waals surface area contributed by atoms with E-state index < -0.39 is 5.82 Å². The van der Waals surface area contributed by atoms with Crippen molar-refractivity contribution in [2.24, 2.45) is 0 Å². The summed E-state index contributed by atoms with van der Waals surface area (Å²) in [6, 6.07) is 4.43.